The normalized spacial score (nSPS) is 16.7. The zero-order valence-electron chi connectivity index (χ0n) is 17.9. The van der Waals surface area contributed by atoms with Gasteiger partial charge >= 0.3 is 0 Å². The number of fused-ring (bicyclic) bond motifs is 1. The molecule has 0 saturated heterocycles. The second-order valence-corrected chi connectivity index (χ2v) is 8.95. The quantitative estimate of drug-likeness (QED) is 0.514. The lowest BCUT2D eigenvalue weighted by atomic mass is 9.89. The van der Waals surface area contributed by atoms with Crippen molar-refractivity contribution in [1.82, 2.24) is 5.32 Å². The number of amides is 1. The van der Waals surface area contributed by atoms with Gasteiger partial charge in [0.25, 0.3) is 5.91 Å². The number of aryl methyl sites for hydroxylation is 1. The minimum Gasteiger partial charge on any atom is -0.489 e. The molecule has 0 aromatic heterocycles. The van der Waals surface area contributed by atoms with E-state index in [1.807, 2.05) is 75.4 Å². The van der Waals surface area contributed by atoms with E-state index in [9.17, 15) is 4.79 Å². The van der Waals surface area contributed by atoms with Crippen molar-refractivity contribution in [2.45, 2.75) is 45.4 Å². The van der Waals surface area contributed by atoms with Crippen LogP contribution in [0.4, 0.5) is 0 Å². The molecule has 160 valence electrons. The summed E-state index contributed by atoms with van der Waals surface area (Å²) in [7, 11) is 0. The molecule has 1 N–H and O–H groups in total. The highest BCUT2D eigenvalue weighted by Crippen LogP contribution is 2.40. The van der Waals surface area contributed by atoms with Crippen molar-refractivity contribution in [3.8, 4) is 11.5 Å². The third-order valence-electron chi connectivity index (χ3n) is 5.38. The van der Waals surface area contributed by atoms with Gasteiger partial charge in [-0.1, -0.05) is 48.0 Å². The number of ether oxygens (including phenoxy) is 2. The summed E-state index contributed by atoms with van der Waals surface area (Å²) < 4.78 is 12.0. The van der Waals surface area contributed by atoms with Crippen molar-refractivity contribution < 1.29 is 14.3 Å². The van der Waals surface area contributed by atoms with E-state index < -0.39 is 0 Å². The zero-order chi connectivity index (χ0) is 22.0. The highest BCUT2D eigenvalue weighted by molar-refractivity contribution is 6.31. The van der Waals surface area contributed by atoms with Gasteiger partial charge in [0.15, 0.2) is 0 Å². The maximum absolute atomic E-state index is 13.1. The molecule has 5 heteroatoms. The van der Waals surface area contributed by atoms with E-state index in [1.54, 1.807) is 12.1 Å². The molecule has 1 atom stereocenters. The molecule has 0 saturated carbocycles. The number of benzene rings is 3. The Bertz CT molecular complexity index is 1110. The van der Waals surface area contributed by atoms with Crippen LogP contribution in [0, 0.1) is 6.92 Å². The molecule has 0 bridgehead atoms. The second-order valence-electron chi connectivity index (χ2n) is 8.54. The summed E-state index contributed by atoms with van der Waals surface area (Å²) in [4.78, 5) is 13.1. The zero-order valence-corrected chi connectivity index (χ0v) is 18.7. The van der Waals surface area contributed by atoms with Crippen molar-refractivity contribution in [2.75, 3.05) is 0 Å². The molecule has 1 heterocycles. The molecule has 3 aromatic rings. The van der Waals surface area contributed by atoms with Gasteiger partial charge in [0.2, 0.25) is 0 Å². The van der Waals surface area contributed by atoms with Gasteiger partial charge < -0.3 is 14.8 Å². The molecular formula is C26H26ClNO3. The Kier molecular flexibility index (Phi) is 5.92. The van der Waals surface area contributed by atoms with Gasteiger partial charge in [-0.25, -0.2) is 0 Å². The Morgan fingerprint density at radius 1 is 1.13 bits per heavy atom. The first-order valence-electron chi connectivity index (χ1n) is 10.4. The van der Waals surface area contributed by atoms with Gasteiger partial charge in [-0.05, 0) is 56.7 Å². The monoisotopic (exact) mass is 435 g/mol. The molecule has 0 unspecified atom stereocenters. The van der Waals surface area contributed by atoms with Gasteiger partial charge in [0.05, 0.1) is 6.04 Å². The average Bonchev–Trinajstić information content (AvgIpc) is 2.72. The first-order valence-corrected chi connectivity index (χ1v) is 10.8. The molecule has 3 aromatic carbocycles. The van der Waals surface area contributed by atoms with Crippen molar-refractivity contribution in [2.24, 2.45) is 0 Å². The Hall–Kier alpha value is -2.98. The summed E-state index contributed by atoms with van der Waals surface area (Å²) in [5, 5.41) is 3.84. The lowest BCUT2D eigenvalue weighted by Gasteiger charge is -2.38. The first-order chi connectivity index (χ1) is 14.8. The van der Waals surface area contributed by atoms with Gasteiger partial charge in [-0.15, -0.1) is 0 Å². The molecule has 1 aliphatic heterocycles. The van der Waals surface area contributed by atoms with Crippen molar-refractivity contribution in [1.29, 1.82) is 0 Å². The van der Waals surface area contributed by atoms with E-state index in [4.69, 9.17) is 21.1 Å². The summed E-state index contributed by atoms with van der Waals surface area (Å²) in [5.41, 5.74) is 3.22. The molecule has 1 amide bonds. The largest absolute Gasteiger partial charge is 0.489 e. The maximum atomic E-state index is 13.1. The van der Waals surface area contributed by atoms with Gasteiger partial charge in [-0.2, -0.15) is 0 Å². The Morgan fingerprint density at radius 3 is 2.74 bits per heavy atom. The molecule has 0 radical (unpaired) electrons. The minimum atomic E-state index is -0.362. The lowest BCUT2D eigenvalue weighted by Crippen LogP contribution is -2.41. The predicted molar refractivity (Wildman–Crippen MR) is 123 cm³/mol. The highest BCUT2D eigenvalue weighted by Gasteiger charge is 2.34. The fourth-order valence-electron chi connectivity index (χ4n) is 3.83. The fourth-order valence-corrected chi connectivity index (χ4v) is 4.02. The smallest absolute Gasteiger partial charge is 0.251 e. The van der Waals surface area contributed by atoms with Crippen LogP contribution in [-0.4, -0.2) is 11.5 Å². The molecule has 0 fully saturated rings. The van der Waals surface area contributed by atoms with E-state index in [0.29, 0.717) is 29.4 Å². The van der Waals surface area contributed by atoms with Crippen molar-refractivity contribution in [3.63, 3.8) is 0 Å². The second kappa shape index (κ2) is 8.64. The number of hydrogen-bond acceptors (Lipinski definition) is 3. The number of hydrogen-bond donors (Lipinski definition) is 1. The highest BCUT2D eigenvalue weighted by atomic mass is 35.5. The van der Waals surface area contributed by atoms with E-state index in [2.05, 4.69) is 5.32 Å². The van der Waals surface area contributed by atoms with Gasteiger partial charge in [-0.3, -0.25) is 4.79 Å². The van der Waals surface area contributed by atoms with Crippen molar-refractivity contribution >= 4 is 17.5 Å². The van der Waals surface area contributed by atoms with Crippen LogP contribution in [0.1, 0.15) is 53.4 Å². The topological polar surface area (TPSA) is 47.6 Å². The number of carbonyl (C=O) groups is 1. The molecule has 1 aliphatic rings. The van der Waals surface area contributed by atoms with Crippen molar-refractivity contribution in [3.05, 3.63) is 94.0 Å². The summed E-state index contributed by atoms with van der Waals surface area (Å²) in [6.07, 6.45) is 0.692. The standard InChI is InChI=1S/C26H26ClNO3/c1-17-11-12-21-23(15-26(2,3)31-24(21)13-17)28-25(29)18-8-6-9-20(14-18)30-16-19-7-4-5-10-22(19)27/h4-14,23H,15-16H2,1-3H3,(H,28,29)/t23-/m0/s1. The van der Waals surface area contributed by atoms with E-state index in [-0.39, 0.29) is 17.6 Å². The molecule has 4 rings (SSSR count). The van der Waals surface area contributed by atoms with E-state index >= 15 is 0 Å². The van der Waals surface area contributed by atoms with Crippen LogP contribution in [0.3, 0.4) is 0 Å². The van der Waals surface area contributed by atoms with Gasteiger partial charge in [0, 0.05) is 28.1 Å². The summed E-state index contributed by atoms with van der Waals surface area (Å²) in [6, 6.07) is 20.7. The van der Waals surface area contributed by atoms with Crippen LogP contribution in [-0.2, 0) is 6.61 Å². The summed E-state index contributed by atoms with van der Waals surface area (Å²) >= 11 is 6.20. The predicted octanol–water partition coefficient (Wildman–Crippen LogP) is 6.26. The Labute approximate surface area is 188 Å². The van der Waals surface area contributed by atoms with Crippen LogP contribution in [0.2, 0.25) is 5.02 Å². The Balaban J connectivity index is 1.49. The number of carbonyl (C=O) groups excluding carboxylic acids is 1. The molecule has 4 nitrogen and oxygen atoms in total. The van der Waals surface area contributed by atoms with Crippen LogP contribution in [0.25, 0.3) is 0 Å². The number of halogens is 1. The average molecular weight is 436 g/mol. The molecule has 31 heavy (non-hydrogen) atoms. The lowest BCUT2D eigenvalue weighted by molar-refractivity contribution is 0.0619. The van der Waals surface area contributed by atoms with Crippen LogP contribution >= 0.6 is 11.6 Å². The van der Waals surface area contributed by atoms with E-state index in [0.717, 1.165) is 22.4 Å². The third kappa shape index (κ3) is 5.02. The third-order valence-corrected chi connectivity index (χ3v) is 5.75. The number of rotatable bonds is 5. The Morgan fingerprint density at radius 2 is 1.94 bits per heavy atom. The van der Waals surface area contributed by atoms with Crippen LogP contribution in [0.15, 0.2) is 66.7 Å². The van der Waals surface area contributed by atoms with Crippen LogP contribution in [0.5, 0.6) is 11.5 Å². The summed E-state index contributed by atoms with van der Waals surface area (Å²) in [6.45, 7) is 6.46. The van der Waals surface area contributed by atoms with Gasteiger partial charge in [0.1, 0.15) is 23.7 Å². The first kappa shape index (κ1) is 21.3. The minimum absolute atomic E-state index is 0.125. The molecular weight excluding hydrogens is 410 g/mol. The van der Waals surface area contributed by atoms with Crippen LogP contribution < -0.4 is 14.8 Å². The molecule has 0 aliphatic carbocycles. The maximum Gasteiger partial charge on any atom is 0.251 e. The molecule has 0 spiro atoms. The number of nitrogens with one attached hydrogen (secondary N) is 1. The fraction of sp³-hybridized carbons (Fsp3) is 0.269. The summed E-state index contributed by atoms with van der Waals surface area (Å²) in [5.74, 6) is 1.31. The van der Waals surface area contributed by atoms with E-state index in [1.165, 1.54) is 0 Å². The SMILES string of the molecule is Cc1ccc2c(c1)OC(C)(C)C[C@@H]2NC(=O)c1cccc(OCc2ccccc2Cl)c1.